The van der Waals surface area contributed by atoms with Gasteiger partial charge in [0.15, 0.2) is 6.04 Å². The number of carbonyl (C=O) groups excluding carboxylic acids is 1. The minimum absolute atomic E-state index is 0.217. The van der Waals surface area contributed by atoms with Crippen molar-refractivity contribution in [3.63, 3.8) is 0 Å². The first-order valence-electron chi connectivity index (χ1n) is 7.84. The number of hydrogen-bond donors (Lipinski definition) is 2. The normalized spacial score (nSPS) is 12.9. The summed E-state index contributed by atoms with van der Waals surface area (Å²) in [5.74, 6) is -0.910. The van der Waals surface area contributed by atoms with Crippen LogP contribution in [0.2, 0.25) is 0 Å². The molecule has 2 aromatic rings. The van der Waals surface area contributed by atoms with Crippen molar-refractivity contribution in [2.75, 3.05) is 7.11 Å². The van der Waals surface area contributed by atoms with Gasteiger partial charge in [0.1, 0.15) is 11.9 Å². The zero-order valence-electron chi connectivity index (χ0n) is 14.1. The first kappa shape index (κ1) is 18.5. The highest BCUT2D eigenvalue weighted by molar-refractivity contribution is 5.86. The van der Waals surface area contributed by atoms with E-state index in [9.17, 15) is 14.7 Å². The highest BCUT2D eigenvalue weighted by Gasteiger charge is 2.24. The van der Waals surface area contributed by atoms with Crippen molar-refractivity contribution in [1.29, 1.82) is 0 Å². The van der Waals surface area contributed by atoms with E-state index in [1.54, 1.807) is 44.4 Å². The minimum Gasteiger partial charge on any atom is -0.497 e. The van der Waals surface area contributed by atoms with Gasteiger partial charge in [-0.2, -0.15) is 0 Å². The van der Waals surface area contributed by atoms with E-state index in [1.165, 1.54) is 0 Å². The van der Waals surface area contributed by atoms with Gasteiger partial charge < -0.3 is 19.9 Å². The maximum Gasteiger partial charge on any atom is 0.330 e. The van der Waals surface area contributed by atoms with Crippen LogP contribution < -0.4 is 10.1 Å². The molecule has 6 heteroatoms. The van der Waals surface area contributed by atoms with E-state index in [2.05, 4.69) is 5.32 Å². The molecule has 0 saturated carbocycles. The number of carboxylic acid groups (broad SMARTS) is 1. The van der Waals surface area contributed by atoms with E-state index in [1.807, 2.05) is 24.3 Å². The van der Waals surface area contributed by atoms with Gasteiger partial charge in [-0.15, -0.1) is 0 Å². The van der Waals surface area contributed by atoms with Crippen LogP contribution in [0.3, 0.4) is 0 Å². The Morgan fingerprint density at radius 3 is 2.48 bits per heavy atom. The maximum atomic E-state index is 12.3. The van der Waals surface area contributed by atoms with Gasteiger partial charge in [0.25, 0.3) is 0 Å². The molecule has 2 rings (SSSR count). The quantitative estimate of drug-likeness (QED) is 0.769. The Labute approximate surface area is 146 Å². The summed E-state index contributed by atoms with van der Waals surface area (Å²) in [6.45, 7) is 1.80. The summed E-state index contributed by atoms with van der Waals surface area (Å²) in [6.07, 6.45) is -0.795. The lowest BCUT2D eigenvalue weighted by atomic mass is 10.1. The van der Waals surface area contributed by atoms with E-state index >= 15 is 0 Å². The Kier molecular flexibility index (Phi) is 6.54. The van der Waals surface area contributed by atoms with E-state index in [4.69, 9.17) is 9.47 Å². The number of carbonyl (C=O) groups is 2. The van der Waals surface area contributed by atoms with Crippen molar-refractivity contribution < 1.29 is 24.2 Å². The topological polar surface area (TPSA) is 84.9 Å². The molecule has 2 aromatic carbocycles. The lowest BCUT2D eigenvalue weighted by Crippen LogP contribution is -2.40. The fourth-order valence-electron chi connectivity index (χ4n) is 2.25. The fourth-order valence-corrected chi connectivity index (χ4v) is 2.25. The standard InChI is InChI=1S/C19H21NO5/c1-13(25-12-14-7-6-10-16(11-14)24-2)18(21)20-17(19(22)23)15-8-4-3-5-9-15/h3-11,13,17H,12H2,1-2H3,(H,20,21)(H,22,23)/t13?,17-/m0/s1. The SMILES string of the molecule is COc1cccc(COC(C)C(=O)N[C@H](C(=O)O)c2ccccc2)c1. The molecule has 6 nitrogen and oxygen atoms in total. The number of amides is 1. The van der Waals surface area contributed by atoms with Gasteiger partial charge >= 0.3 is 5.97 Å². The van der Waals surface area contributed by atoms with Crippen molar-refractivity contribution in [2.45, 2.75) is 25.7 Å². The van der Waals surface area contributed by atoms with Crippen LogP contribution in [0.5, 0.6) is 5.75 Å². The number of rotatable bonds is 8. The molecule has 0 aromatic heterocycles. The highest BCUT2D eigenvalue weighted by atomic mass is 16.5. The van der Waals surface area contributed by atoms with Gasteiger partial charge in [-0.25, -0.2) is 4.79 Å². The smallest absolute Gasteiger partial charge is 0.330 e. The van der Waals surface area contributed by atoms with Gasteiger partial charge in [0.05, 0.1) is 13.7 Å². The van der Waals surface area contributed by atoms with Crippen molar-refractivity contribution in [3.05, 3.63) is 65.7 Å². The van der Waals surface area contributed by atoms with Gasteiger partial charge in [0, 0.05) is 0 Å². The number of methoxy groups -OCH3 is 1. The third-order valence-corrected chi connectivity index (χ3v) is 3.67. The first-order chi connectivity index (χ1) is 12.0. The summed E-state index contributed by atoms with van der Waals surface area (Å²) in [5.41, 5.74) is 1.36. The Morgan fingerprint density at radius 1 is 1.12 bits per heavy atom. The van der Waals surface area contributed by atoms with E-state index in [0.717, 1.165) is 5.56 Å². The maximum absolute atomic E-state index is 12.3. The summed E-state index contributed by atoms with van der Waals surface area (Å²) in [5, 5.41) is 11.9. The zero-order valence-corrected chi connectivity index (χ0v) is 14.1. The fraction of sp³-hybridized carbons (Fsp3) is 0.263. The molecule has 132 valence electrons. The third-order valence-electron chi connectivity index (χ3n) is 3.67. The molecule has 0 aliphatic heterocycles. The van der Waals surface area contributed by atoms with E-state index in [-0.39, 0.29) is 6.61 Å². The average Bonchev–Trinajstić information content (AvgIpc) is 2.64. The van der Waals surface area contributed by atoms with Gasteiger partial charge in [0.2, 0.25) is 5.91 Å². The molecule has 1 unspecified atom stereocenters. The van der Waals surface area contributed by atoms with Crippen LogP contribution in [0.15, 0.2) is 54.6 Å². The third kappa shape index (κ3) is 5.32. The molecule has 0 aliphatic rings. The Hall–Kier alpha value is -2.86. The Morgan fingerprint density at radius 2 is 1.84 bits per heavy atom. The van der Waals surface area contributed by atoms with Crippen LogP contribution in [0.4, 0.5) is 0 Å². The van der Waals surface area contributed by atoms with Gasteiger partial charge in [-0.1, -0.05) is 42.5 Å². The van der Waals surface area contributed by atoms with Crippen LogP contribution in [-0.4, -0.2) is 30.2 Å². The predicted molar refractivity (Wildman–Crippen MR) is 92.2 cm³/mol. The number of hydrogen-bond acceptors (Lipinski definition) is 4. The highest BCUT2D eigenvalue weighted by Crippen LogP contribution is 2.15. The molecular formula is C19H21NO5. The molecule has 2 atom stereocenters. The van der Waals surface area contributed by atoms with Crippen LogP contribution in [0.1, 0.15) is 24.1 Å². The lowest BCUT2D eigenvalue weighted by Gasteiger charge is -2.18. The molecule has 0 saturated heterocycles. The van der Waals surface area contributed by atoms with Gasteiger partial charge in [-0.3, -0.25) is 4.79 Å². The second kappa shape index (κ2) is 8.84. The predicted octanol–water partition coefficient (Wildman–Crippen LogP) is 2.54. The molecule has 0 fully saturated rings. The molecule has 2 N–H and O–H groups in total. The molecule has 0 spiro atoms. The number of carboxylic acids is 1. The monoisotopic (exact) mass is 343 g/mol. The molecule has 0 radical (unpaired) electrons. The molecule has 0 bridgehead atoms. The van der Waals surface area contributed by atoms with E-state index in [0.29, 0.717) is 11.3 Å². The van der Waals surface area contributed by atoms with Crippen molar-refractivity contribution in [3.8, 4) is 5.75 Å². The van der Waals surface area contributed by atoms with Crippen molar-refractivity contribution in [1.82, 2.24) is 5.32 Å². The Bertz CT molecular complexity index is 717. The second-order valence-electron chi connectivity index (χ2n) is 5.50. The summed E-state index contributed by atoms with van der Waals surface area (Å²) >= 11 is 0. The summed E-state index contributed by atoms with van der Waals surface area (Å²) in [7, 11) is 1.58. The zero-order chi connectivity index (χ0) is 18.2. The van der Waals surface area contributed by atoms with Crippen LogP contribution >= 0.6 is 0 Å². The molecule has 1 amide bonds. The average molecular weight is 343 g/mol. The molecule has 25 heavy (non-hydrogen) atoms. The number of ether oxygens (including phenoxy) is 2. The van der Waals surface area contributed by atoms with E-state index < -0.39 is 24.0 Å². The molecule has 0 heterocycles. The van der Waals surface area contributed by atoms with Crippen LogP contribution in [0.25, 0.3) is 0 Å². The summed E-state index contributed by atoms with van der Waals surface area (Å²) in [6, 6.07) is 14.7. The second-order valence-corrected chi connectivity index (χ2v) is 5.50. The Balaban J connectivity index is 1.95. The van der Waals surface area contributed by atoms with Gasteiger partial charge in [-0.05, 0) is 30.2 Å². The number of aliphatic carboxylic acids is 1. The summed E-state index contributed by atoms with van der Waals surface area (Å²) < 4.78 is 10.7. The van der Waals surface area contributed by atoms with Crippen molar-refractivity contribution in [2.24, 2.45) is 0 Å². The van der Waals surface area contributed by atoms with Crippen molar-refractivity contribution >= 4 is 11.9 Å². The molecular weight excluding hydrogens is 322 g/mol. The number of nitrogens with one attached hydrogen (secondary N) is 1. The first-order valence-corrected chi connectivity index (χ1v) is 7.84. The number of benzene rings is 2. The van der Waals surface area contributed by atoms with Crippen LogP contribution in [0, 0.1) is 0 Å². The largest absolute Gasteiger partial charge is 0.497 e. The minimum atomic E-state index is -1.13. The summed E-state index contributed by atoms with van der Waals surface area (Å²) in [4.78, 5) is 23.7. The van der Waals surface area contributed by atoms with Crippen LogP contribution in [-0.2, 0) is 20.9 Å². The lowest BCUT2D eigenvalue weighted by molar-refractivity contribution is -0.144. The molecule has 0 aliphatic carbocycles.